The van der Waals surface area contributed by atoms with Gasteiger partial charge in [-0.1, -0.05) is 32.4 Å². The number of hydrogen-bond acceptors (Lipinski definition) is 9. The molecule has 10 heteroatoms. The Kier molecular flexibility index (Phi) is 9.19. The topological polar surface area (TPSA) is 124 Å². The number of rotatable bonds is 10. The molecule has 0 aliphatic carbocycles. The molecule has 41 heavy (non-hydrogen) atoms. The van der Waals surface area contributed by atoms with Gasteiger partial charge in [0.1, 0.15) is 23.3 Å². The fourth-order valence-corrected chi connectivity index (χ4v) is 5.75. The van der Waals surface area contributed by atoms with Crippen LogP contribution in [0.15, 0.2) is 48.0 Å². The first-order chi connectivity index (χ1) is 20.1. The van der Waals surface area contributed by atoms with Gasteiger partial charge in [0.25, 0.3) is 0 Å². The highest BCUT2D eigenvalue weighted by Crippen LogP contribution is 2.28. The van der Waals surface area contributed by atoms with E-state index < -0.39 is 0 Å². The number of hydrogen-bond donors (Lipinski definition) is 2. The highest BCUT2D eigenvalue weighted by molar-refractivity contribution is 6.12. The summed E-state index contributed by atoms with van der Waals surface area (Å²) in [4.78, 5) is 19.7. The summed E-state index contributed by atoms with van der Waals surface area (Å²) < 4.78 is 1.72. The predicted octanol–water partition coefficient (Wildman–Crippen LogP) is 3.25. The molecule has 3 aromatic heterocycles. The normalized spacial score (nSPS) is 20.3. The Morgan fingerprint density at radius 3 is 2.78 bits per heavy atom. The molecule has 0 bridgehead atoms. The van der Waals surface area contributed by atoms with Crippen molar-refractivity contribution in [3.8, 4) is 6.07 Å². The number of dihydropyridines is 1. The van der Waals surface area contributed by atoms with E-state index in [0.717, 1.165) is 63.0 Å². The zero-order chi connectivity index (χ0) is 28.8. The Labute approximate surface area is 242 Å². The summed E-state index contributed by atoms with van der Waals surface area (Å²) in [5.74, 6) is 0. The maximum Gasteiger partial charge on any atom is 0.110 e. The number of nitriles is 1. The van der Waals surface area contributed by atoms with Crippen molar-refractivity contribution < 1.29 is 0 Å². The molecule has 1 saturated heterocycles. The lowest BCUT2D eigenvalue weighted by Crippen LogP contribution is -2.55. The van der Waals surface area contributed by atoms with Crippen molar-refractivity contribution >= 4 is 22.9 Å². The molecule has 0 spiro atoms. The van der Waals surface area contributed by atoms with Crippen molar-refractivity contribution in [2.24, 2.45) is 10.7 Å². The maximum absolute atomic E-state index is 9.73. The van der Waals surface area contributed by atoms with Crippen LogP contribution in [0.3, 0.4) is 0 Å². The Hall–Kier alpha value is -3.91. The molecular weight excluding hydrogens is 512 g/mol. The molecule has 2 unspecified atom stereocenters. The molecule has 0 radical (unpaired) electrons. The molecule has 3 aromatic rings. The van der Waals surface area contributed by atoms with Gasteiger partial charge in [0.05, 0.1) is 23.8 Å². The van der Waals surface area contributed by atoms with Gasteiger partial charge in [-0.05, 0) is 24.5 Å². The van der Waals surface area contributed by atoms with E-state index in [2.05, 4.69) is 63.3 Å². The molecule has 0 aromatic carbocycles. The molecule has 0 saturated carbocycles. The number of allylic oxidation sites excluding steroid dienone is 1. The first kappa shape index (κ1) is 28.6. The number of aryl methyl sites for hydroxylation is 1. The van der Waals surface area contributed by atoms with Gasteiger partial charge >= 0.3 is 0 Å². The minimum atomic E-state index is 0.0910. The van der Waals surface area contributed by atoms with Crippen molar-refractivity contribution in [1.82, 2.24) is 34.7 Å². The molecule has 2 aliphatic rings. The fourth-order valence-electron chi connectivity index (χ4n) is 5.75. The number of aliphatic imine (C=N–C) groups is 1. The highest BCUT2D eigenvalue weighted by atomic mass is 15.3. The summed E-state index contributed by atoms with van der Waals surface area (Å²) in [7, 11) is 1.83. The van der Waals surface area contributed by atoms with Crippen LogP contribution in [0.5, 0.6) is 0 Å². The van der Waals surface area contributed by atoms with Crippen molar-refractivity contribution in [1.29, 1.82) is 5.26 Å². The van der Waals surface area contributed by atoms with Crippen molar-refractivity contribution in [2.45, 2.75) is 58.3 Å². The van der Waals surface area contributed by atoms with Gasteiger partial charge in [-0.25, -0.2) is 9.50 Å². The number of fused-ring (bicyclic) bond motifs is 1. The van der Waals surface area contributed by atoms with Crippen LogP contribution in [-0.2, 0) is 13.0 Å². The van der Waals surface area contributed by atoms with Crippen LogP contribution in [0.4, 0.5) is 0 Å². The van der Waals surface area contributed by atoms with E-state index in [0.29, 0.717) is 35.1 Å². The number of piperazine rings is 1. The van der Waals surface area contributed by atoms with E-state index in [1.54, 1.807) is 10.7 Å². The number of nitrogens with zero attached hydrogens (tertiary/aromatic N) is 8. The van der Waals surface area contributed by atoms with E-state index >= 15 is 0 Å². The lowest BCUT2D eigenvalue weighted by molar-refractivity contribution is 0.0435. The highest BCUT2D eigenvalue weighted by Gasteiger charge is 2.30. The largest absolute Gasteiger partial charge is 0.394 e. The molecule has 5 heterocycles. The van der Waals surface area contributed by atoms with Gasteiger partial charge in [0.2, 0.25) is 0 Å². The van der Waals surface area contributed by atoms with Crippen molar-refractivity contribution in [3.05, 3.63) is 71.2 Å². The van der Waals surface area contributed by atoms with E-state index in [9.17, 15) is 5.26 Å². The number of pyridine rings is 1. The molecule has 10 nitrogen and oxygen atoms in total. The third-order valence-electron chi connectivity index (χ3n) is 8.00. The molecule has 1 fully saturated rings. The molecule has 5 rings (SSSR count). The van der Waals surface area contributed by atoms with Crippen molar-refractivity contribution in [3.63, 3.8) is 0 Å². The second kappa shape index (κ2) is 13.2. The van der Waals surface area contributed by atoms with E-state index in [1.807, 2.05) is 31.9 Å². The average Bonchev–Trinajstić information content (AvgIpc) is 3.44. The van der Waals surface area contributed by atoms with Crippen LogP contribution in [0, 0.1) is 11.3 Å². The summed E-state index contributed by atoms with van der Waals surface area (Å²) in [5, 5.41) is 17.2. The van der Waals surface area contributed by atoms with E-state index in [1.165, 1.54) is 11.3 Å². The Bertz CT molecular complexity index is 1480. The zero-order valence-corrected chi connectivity index (χ0v) is 24.3. The molecule has 2 atom stereocenters. The predicted molar refractivity (Wildman–Crippen MR) is 163 cm³/mol. The first-order valence-electron chi connectivity index (χ1n) is 14.6. The number of nitrogens with two attached hydrogens (primary N) is 1. The van der Waals surface area contributed by atoms with Gasteiger partial charge in [0.15, 0.2) is 0 Å². The smallest absolute Gasteiger partial charge is 0.110 e. The Morgan fingerprint density at radius 1 is 1.24 bits per heavy atom. The van der Waals surface area contributed by atoms with E-state index in [-0.39, 0.29) is 6.17 Å². The van der Waals surface area contributed by atoms with Crippen LogP contribution < -0.4 is 11.1 Å². The quantitative estimate of drug-likeness (QED) is 0.393. The van der Waals surface area contributed by atoms with E-state index in [4.69, 9.17) is 15.7 Å². The average molecular weight is 553 g/mol. The summed E-state index contributed by atoms with van der Waals surface area (Å²) in [6.45, 7) is 8.67. The molecular formula is C31H40N10. The summed E-state index contributed by atoms with van der Waals surface area (Å²) in [6, 6.07) is 7.13. The number of aromatic nitrogens is 4. The van der Waals surface area contributed by atoms with Crippen LogP contribution in [0.1, 0.15) is 61.3 Å². The summed E-state index contributed by atoms with van der Waals surface area (Å²) >= 11 is 0. The van der Waals surface area contributed by atoms with Gasteiger partial charge in [-0.3, -0.25) is 19.8 Å². The molecule has 3 N–H and O–H groups in total. The second-order valence-electron chi connectivity index (χ2n) is 10.7. The van der Waals surface area contributed by atoms with Crippen LogP contribution >= 0.6 is 0 Å². The van der Waals surface area contributed by atoms with Crippen LogP contribution in [0.25, 0.3) is 16.7 Å². The molecule has 0 amide bonds. The fraction of sp³-hybridized carbons (Fsp3) is 0.452. The van der Waals surface area contributed by atoms with Gasteiger partial charge in [-0.15, -0.1) is 0 Å². The minimum Gasteiger partial charge on any atom is -0.394 e. The molecule has 214 valence electrons. The first-order valence-corrected chi connectivity index (χ1v) is 14.6. The number of nitrogens with one attached hydrogen (secondary N) is 1. The van der Waals surface area contributed by atoms with Gasteiger partial charge in [-0.2, -0.15) is 10.4 Å². The minimum absolute atomic E-state index is 0.0910. The standard InChI is InChI=1S/C31H40N10/c1-4-6-26-9-7-22(15-35-26)19-39-11-12-40(20-27(39)5-2)29-10-8-23(17-36-29)30-31-25(14-33)18-37-41(31)21-28(38-30)24(13-32)16-34-3/h7-9,15-18,21,27,29,34H,4-6,10-13,19-20,32H2,1-3H3/b24-16+. The lowest BCUT2D eigenvalue weighted by Gasteiger charge is -2.43. The van der Waals surface area contributed by atoms with Crippen LogP contribution in [0.2, 0.25) is 0 Å². The second-order valence-corrected chi connectivity index (χ2v) is 10.7. The van der Waals surface area contributed by atoms with Gasteiger partial charge < -0.3 is 11.1 Å². The summed E-state index contributed by atoms with van der Waals surface area (Å²) in [5.41, 5.74) is 12.8. The monoisotopic (exact) mass is 552 g/mol. The Morgan fingerprint density at radius 2 is 2.12 bits per heavy atom. The SMILES string of the molecule is CCCc1ccc(CN2CCN(C3CC=C(c4nc(/C(=C/NC)CN)cn5ncc(C#N)c45)C=N3)CC2CC)cn1. The van der Waals surface area contributed by atoms with Crippen LogP contribution in [-0.4, -0.2) is 81.0 Å². The zero-order valence-electron chi connectivity index (χ0n) is 24.3. The van der Waals surface area contributed by atoms with Crippen molar-refractivity contribution in [2.75, 3.05) is 33.2 Å². The Balaban J connectivity index is 1.30. The lowest BCUT2D eigenvalue weighted by atomic mass is 10.0. The van der Waals surface area contributed by atoms with Gasteiger partial charge in [0, 0.05) is 87.7 Å². The molecule has 2 aliphatic heterocycles. The summed E-state index contributed by atoms with van der Waals surface area (Å²) in [6.07, 6.45) is 15.5. The third-order valence-corrected chi connectivity index (χ3v) is 8.00. The maximum atomic E-state index is 9.73. The third kappa shape index (κ3) is 6.22.